The molecule has 0 aromatic rings. The molecule has 0 rings (SSSR count). The van der Waals surface area contributed by atoms with Crippen LogP contribution in [0, 0.1) is 0 Å². The van der Waals surface area contributed by atoms with Crippen LogP contribution < -0.4 is 0 Å². The molecule has 0 spiro atoms. The van der Waals surface area contributed by atoms with Crippen molar-refractivity contribution in [3.8, 4) is 0 Å². The lowest BCUT2D eigenvalue weighted by molar-refractivity contribution is 0.233. The smallest absolute Gasteiger partial charge is 0.181 e. The molecule has 0 atom stereocenters. The van der Waals surface area contributed by atoms with Gasteiger partial charge in [0.1, 0.15) is 0 Å². The summed E-state index contributed by atoms with van der Waals surface area (Å²) in [6.45, 7) is 3.11. The van der Waals surface area contributed by atoms with Gasteiger partial charge in [0.15, 0.2) is 0 Å². The maximum absolute atomic E-state index is 6.31. The zero-order valence-electron chi connectivity index (χ0n) is 14.1. The summed E-state index contributed by atoms with van der Waals surface area (Å²) in [4.78, 5) is 0. The predicted molar refractivity (Wildman–Crippen MR) is 87.3 cm³/mol. The van der Waals surface area contributed by atoms with Gasteiger partial charge in [0.2, 0.25) is 0 Å². The number of nitrogens with zero attached hydrogens (tertiary/aromatic N) is 3. The van der Waals surface area contributed by atoms with Crippen LogP contribution in [0.25, 0.3) is 0 Å². The van der Waals surface area contributed by atoms with E-state index in [1.165, 1.54) is 38.5 Å². The van der Waals surface area contributed by atoms with E-state index < -0.39 is 7.94 Å². The van der Waals surface area contributed by atoms with Crippen LogP contribution in [0.4, 0.5) is 0 Å². The largest absolute Gasteiger partial charge is 0.369 e. The van der Waals surface area contributed by atoms with Crippen molar-refractivity contribution < 1.29 is 4.52 Å². The van der Waals surface area contributed by atoms with Gasteiger partial charge < -0.3 is 0 Å². The summed E-state index contributed by atoms with van der Waals surface area (Å²) >= 11 is 0. The second-order valence-electron chi connectivity index (χ2n) is 5.66. The SMILES string of the molecule is CCCCCCCCO[P+](N(C)C)(N(C)C)N(C)C. The highest BCUT2D eigenvalue weighted by Crippen LogP contribution is 2.64. The van der Waals surface area contributed by atoms with Crippen LogP contribution >= 0.6 is 7.94 Å². The minimum atomic E-state index is -1.77. The fraction of sp³-hybridized carbons (Fsp3) is 1.00. The van der Waals surface area contributed by atoms with Gasteiger partial charge in [0.05, 0.1) is 6.61 Å². The molecule has 116 valence electrons. The van der Waals surface area contributed by atoms with Crippen LogP contribution in [0.15, 0.2) is 0 Å². The molecule has 0 amide bonds. The minimum absolute atomic E-state index is 0.856. The second-order valence-corrected chi connectivity index (χ2v) is 9.34. The Hall–Kier alpha value is 0.270. The van der Waals surface area contributed by atoms with E-state index in [0.717, 1.165) is 6.61 Å². The third kappa shape index (κ3) is 6.05. The molecule has 0 aliphatic rings. The van der Waals surface area contributed by atoms with Crippen molar-refractivity contribution in [1.29, 1.82) is 0 Å². The minimum Gasteiger partial charge on any atom is -0.181 e. The van der Waals surface area contributed by atoms with Gasteiger partial charge in [-0.1, -0.05) is 39.0 Å². The van der Waals surface area contributed by atoms with E-state index in [-0.39, 0.29) is 0 Å². The average Bonchev–Trinajstić information content (AvgIpc) is 2.31. The van der Waals surface area contributed by atoms with Gasteiger partial charge in [-0.05, 0) is 6.42 Å². The molecule has 0 N–H and O–H groups in total. The van der Waals surface area contributed by atoms with Gasteiger partial charge in [0, 0.05) is 42.3 Å². The number of hydrogen-bond donors (Lipinski definition) is 0. The molecule has 0 aliphatic heterocycles. The molecule has 4 nitrogen and oxygen atoms in total. The molecule has 0 aromatic heterocycles. The summed E-state index contributed by atoms with van der Waals surface area (Å²) < 4.78 is 13.0. The van der Waals surface area contributed by atoms with Crippen LogP contribution in [0.2, 0.25) is 0 Å². The Morgan fingerprint density at radius 1 is 0.684 bits per heavy atom. The average molecular weight is 292 g/mol. The molecule has 19 heavy (non-hydrogen) atoms. The van der Waals surface area contributed by atoms with Gasteiger partial charge in [-0.2, -0.15) is 4.52 Å². The predicted octanol–water partition coefficient (Wildman–Crippen LogP) is 3.73. The topological polar surface area (TPSA) is 19.0 Å². The second kappa shape index (κ2) is 10.1. The first-order chi connectivity index (χ1) is 8.89. The molecule has 5 heteroatoms. The zero-order valence-corrected chi connectivity index (χ0v) is 15.0. The Labute approximate surface area is 121 Å². The van der Waals surface area contributed by atoms with Gasteiger partial charge in [-0.25, -0.2) is 0 Å². The summed E-state index contributed by atoms with van der Waals surface area (Å²) in [6.07, 6.45) is 7.84. The molecular formula is C14H35N3OP+. The molecule has 0 bridgehead atoms. The van der Waals surface area contributed by atoms with E-state index in [1.807, 2.05) is 0 Å². The lowest BCUT2D eigenvalue weighted by Crippen LogP contribution is -2.37. The van der Waals surface area contributed by atoms with Crippen molar-refractivity contribution in [2.75, 3.05) is 48.9 Å². The molecule has 0 aliphatic carbocycles. The molecule has 0 aromatic carbocycles. The first kappa shape index (κ1) is 19.3. The monoisotopic (exact) mass is 292 g/mol. The van der Waals surface area contributed by atoms with Gasteiger partial charge in [-0.15, -0.1) is 14.0 Å². The quantitative estimate of drug-likeness (QED) is 0.426. The Kier molecular flexibility index (Phi) is 10.2. The van der Waals surface area contributed by atoms with E-state index in [9.17, 15) is 0 Å². The van der Waals surface area contributed by atoms with Gasteiger partial charge in [-0.3, -0.25) is 0 Å². The standard InChI is InChI=1S/C14H35N3OP/c1-8-9-10-11-12-13-14-18-19(15(2)3,16(4)5)17(6)7/h8-14H2,1-7H3/q+1. The lowest BCUT2D eigenvalue weighted by Gasteiger charge is -2.37. The maximum atomic E-state index is 6.31. The first-order valence-corrected chi connectivity index (χ1v) is 9.03. The fourth-order valence-corrected chi connectivity index (χ4v) is 5.70. The Morgan fingerprint density at radius 2 is 1.11 bits per heavy atom. The molecular weight excluding hydrogens is 257 g/mol. The van der Waals surface area contributed by atoms with E-state index in [1.54, 1.807) is 0 Å². The summed E-state index contributed by atoms with van der Waals surface area (Å²) in [5.74, 6) is 0. The maximum Gasteiger partial charge on any atom is 0.369 e. The van der Waals surface area contributed by atoms with E-state index in [2.05, 4.69) is 63.2 Å². The number of hydrogen-bond acceptors (Lipinski definition) is 4. The molecule has 0 fully saturated rings. The molecule has 0 saturated carbocycles. The van der Waals surface area contributed by atoms with Crippen LogP contribution in [0.3, 0.4) is 0 Å². The summed E-state index contributed by atoms with van der Waals surface area (Å²) in [6, 6.07) is 0. The van der Waals surface area contributed by atoms with Crippen molar-refractivity contribution >= 4 is 7.94 Å². The molecule has 0 heterocycles. The van der Waals surface area contributed by atoms with Crippen LogP contribution in [-0.4, -0.2) is 62.9 Å². The lowest BCUT2D eigenvalue weighted by atomic mass is 10.1. The van der Waals surface area contributed by atoms with Crippen molar-refractivity contribution in [2.24, 2.45) is 0 Å². The van der Waals surface area contributed by atoms with Crippen molar-refractivity contribution in [2.45, 2.75) is 45.4 Å². The normalized spacial score (nSPS) is 12.9. The van der Waals surface area contributed by atoms with E-state index in [0.29, 0.717) is 0 Å². The van der Waals surface area contributed by atoms with Crippen LogP contribution in [0.5, 0.6) is 0 Å². The Balaban J connectivity index is 4.14. The zero-order chi connectivity index (χ0) is 14.9. The third-order valence-electron chi connectivity index (χ3n) is 3.33. The summed E-state index contributed by atoms with van der Waals surface area (Å²) in [5.41, 5.74) is 0. The van der Waals surface area contributed by atoms with Crippen molar-refractivity contribution in [3.05, 3.63) is 0 Å². The molecule has 0 unspecified atom stereocenters. The molecule has 0 radical (unpaired) electrons. The first-order valence-electron chi connectivity index (χ1n) is 7.46. The van der Waals surface area contributed by atoms with E-state index >= 15 is 0 Å². The van der Waals surface area contributed by atoms with Crippen molar-refractivity contribution in [3.63, 3.8) is 0 Å². The summed E-state index contributed by atoms with van der Waals surface area (Å²) in [5, 5.41) is 0. The Bertz CT molecular complexity index is 201. The van der Waals surface area contributed by atoms with Crippen LogP contribution in [0.1, 0.15) is 45.4 Å². The van der Waals surface area contributed by atoms with E-state index in [4.69, 9.17) is 4.52 Å². The van der Waals surface area contributed by atoms with Crippen LogP contribution in [-0.2, 0) is 4.52 Å². The Morgan fingerprint density at radius 3 is 1.53 bits per heavy atom. The highest BCUT2D eigenvalue weighted by Gasteiger charge is 2.50. The van der Waals surface area contributed by atoms with Gasteiger partial charge in [0.25, 0.3) is 0 Å². The number of unbranched alkanes of at least 4 members (excludes halogenated alkanes) is 5. The highest BCUT2D eigenvalue weighted by molar-refractivity contribution is 7.64. The number of rotatable bonds is 11. The van der Waals surface area contributed by atoms with Gasteiger partial charge >= 0.3 is 7.94 Å². The summed E-state index contributed by atoms with van der Waals surface area (Å²) in [7, 11) is 10.9. The highest BCUT2D eigenvalue weighted by atomic mass is 31.2. The fourth-order valence-electron chi connectivity index (χ4n) is 2.49. The molecule has 0 saturated heterocycles. The van der Waals surface area contributed by atoms with Crippen molar-refractivity contribution in [1.82, 2.24) is 14.0 Å². The third-order valence-corrected chi connectivity index (χ3v) is 6.98.